The first kappa shape index (κ1) is 14.0. The molecule has 0 aromatic heterocycles. The summed E-state index contributed by atoms with van der Waals surface area (Å²) >= 11 is 0. The van der Waals surface area contributed by atoms with Crippen molar-refractivity contribution in [3.63, 3.8) is 0 Å². The van der Waals surface area contributed by atoms with Gasteiger partial charge in [0.25, 0.3) is 5.78 Å². The first-order valence-corrected chi connectivity index (χ1v) is 5.43. The van der Waals surface area contributed by atoms with Crippen LogP contribution in [0.3, 0.4) is 0 Å². The van der Waals surface area contributed by atoms with Crippen LogP contribution >= 0.6 is 0 Å². The summed E-state index contributed by atoms with van der Waals surface area (Å²) in [5.74, 6) is -2.37. The van der Waals surface area contributed by atoms with Crippen molar-refractivity contribution in [2.45, 2.75) is 51.7 Å². The minimum atomic E-state index is -4.90. The van der Waals surface area contributed by atoms with Gasteiger partial charge in [-0.2, -0.15) is 13.2 Å². The third-order valence-electron chi connectivity index (χ3n) is 2.93. The maximum Gasteiger partial charge on any atom is 0.452 e. The van der Waals surface area contributed by atoms with Crippen LogP contribution < -0.4 is 5.32 Å². The van der Waals surface area contributed by atoms with Gasteiger partial charge < -0.3 is 5.32 Å². The molecule has 6 heteroatoms. The van der Waals surface area contributed by atoms with Gasteiger partial charge in [0.15, 0.2) is 0 Å². The molecule has 17 heavy (non-hydrogen) atoms. The third kappa shape index (κ3) is 2.79. The van der Waals surface area contributed by atoms with Gasteiger partial charge in [0.1, 0.15) is 5.54 Å². The second-order valence-corrected chi connectivity index (χ2v) is 5.47. The first-order valence-electron chi connectivity index (χ1n) is 5.43. The van der Waals surface area contributed by atoms with E-state index >= 15 is 0 Å². The van der Waals surface area contributed by atoms with E-state index in [9.17, 15) is 22.8 Å². The topological polar surface area (TPSA) is 46.2 Å². The van der Waals surface area contributed by atoms with Gasteiger partial charge in [0, 0.05) is 5.41 Å². The number of carbonyl (C=O) groups excluding carboxylic acids is 2. The molecule has 98 valence electrons. The maximum atomic E-state index is 12.4. The molecule has 1 amide bonds. The van der Waals surface area contributed by atoms with Crippen molar-refractivity contribution in [1.29, 1.82) is 0 Å². The van der Waals surface area contributed by atoms with Crippen LogP contribution in [-0.4, -0.2) is 23.4 Å². The van der Waals surface area contributed by atoms with Crippen LogP contribution in [-0.2, 0) is 9.59 Å². The molecular formula is C11H16F3NO2. The van der Waals surface area contributed by atoms with Crippen molar-refractivity contribution >= 4 is 11.7 Å². The highest BCUT2D eigenvalue weighted by Crippen LogP contribution is 2.38. The Morgan fingerprint density at radius 2 is 1.59 bits per heavy atom. The molecule has 0 saturated heterocycles. The van der Waals surface area contributed by atoms with E-state index in [1.807, 2.05) is 0 Å². The smallest absolute Gasteiger partial charge is 0.343 e. The Kier molecular flexibility index (Phi) is 3.29. The summed E-state index contributed by atoms with van der Waals surface area (Å²) in [7, 11) is 0. The van der Waals surface area contributed by atoms with E-state index in [0.29, 0.717) is 6.42 Å². The highest BCUT2D eigenvalue weighted by molar-refractivity contribution is 5.98. The number of carbonyl (C=O) groups is 2. The van der Waals surface area contributed by atoms with Crippen molar-refractivity contribution in [3.8, 4) is 0 Å². The Hall–Kier alpha value is -1.07. The Labute approximate surface area is 97.8 Å². The molecule has 1 fully saturated rings. The zero-order valence-corrected chi connectivity index (χ0v) is 10.1. The Bertz CT molecular complexity index is 338. The van der Waals surface area contributed by atoms with Gasteiger partial charge in [-0.3, -0.25) is 9.59 Å². The van der Waals surface area contributed by atoms with Gasteiger partial charge in [-0.15, -0.1) is 0 Å². The van der Waals surface area contributed by atoms with Crippen LogP contribution in [0.5, 0.6) is 0 Å². The lowest BCUT2D eigenvalue weighted by atomic mass is 9.72. The number of amides is 1. The normalized spacial score (nSPS) is 19.4. The molecule has 0 spiro atoms. The number of rotatable bonds is 2. The molecule has 0 heterocycles. The summed E-state index contributed by atoms with van der Waals surface area (Å²) in [5, 5.41) is 2.27. The van der Waals surface area contributed by atoms with Crippen LogP contribution in [0.25, 0.3) is 0 Å². The summed E-state index contributed by atoms with van der Waals surface area (Å²) in [5.41, 5.74) is -2.53. The Morgan fingerprint density at radius 1 is 1.12 bits per heavy atom. The number of nitrogens with one attached hydrogen (secondary N) is 1. The molecule has 0 atom stereocenters. The average molecular weight is 251 g/mol. The fraction of sp³-hybridized carbons (Fsp3) is 0.818. The average Bonchev–Trinajstić information content (AvgIpc) is 2.06. The maximum absolute atomic E-state index is 12.4. The number of hydrogen-bond acceptors (Lipinski definition) is 2. The Morgan fingerprint density at radius 3 is 1.82 bits per heavy atom. The standard InChI is InChI=1S/C11H16F3NO2/c1-9(2,3)8(17)15-10(5-4-6-10)7(16)11(12,13)14/h4-6H2,1-3H3,(H,15,17). The molecule has 0 aromatic carbocycles. The first-order chi connectivity index (χ1) is 7.49. The predicted octanol–water partition coefficient (Wildman–Crippen LogP) is 2.20. The SMILES string of the molecule is CC(C)(C)C(=O)NC1(C(=O)C(F)(F)F)CCC1. The Balaban J connectivity index is 2.85. The van der Waals surface area contributed by atoms with Crippen LogP contribution in [0.1, 0.15) is 40.0 Å². The van der Waals surface area contributed by atoms with Crippen molar-refractivity contribution in [2.75, 3.05) is 0 Å². The summed E-state index contributed by atoms with van der Waals surface area (Å²) in [6.45, 7) is 4.77. The molecule has 1 aliphatic rings. The molecule has 0 aromatic rings. The highest BCUT2D eigenvalue weighted by Gasteiger charge is 2.57. The molecule has 1 N–H and O–H groups in total. The fourth-order valence-electron chi connectivity index (χ4n) is 1.62. The summed E-state index contributed by atoms with van der Waals surface area (Å²) in [6, 6.07) is 0. The van der Waals surface area contributed by atoms with E-state index in [1.165, 1.54) is 0 Å². The monoisotopic (exact) mass is 251 g/mol. The predicted molar refractivity (Wildman–Crippen MR) is 55.2 cm³/mol. The number of ketones is 1. The van der Waals surface area contributed by atoms with Crippen molar-refractivity contribution in [2.24, 2.45) is 5.41 Å². The molecule has 0 aliphatic heterocycles. The van der Waals surface area contributed by atoms with E-state index in [1.54, 1.807) is 20.8 Å². The van der Waals surface area contributed by atoms with E-state index in [2.05, 4.69) is 5.32 Å². The molecule has 1 rings (SSSR count). The number of hydrogen-bond donors (Lipinski definition) is 1. The van der Waals surface area contributed by atoms with E-state index in [4.69, 9.17) is 0 Å². The van der Waals surface area contributed by atoms with Crippen LogP contribution in [0.15, 0.2) is 0 Å². The molecule has 0 unspecified atom stereocenters. The lowest BCUT2D eigenvalue weighted by molar-refractivity contribution is -0.182. The molecular weight excluding hydrogens is 235 g/mol. The van der Waals surface area contributed by atoms with Crippen molar-refractivity contribution in [1.82, 2.24) is 5.32 Å². The van der Waals surface area contributed by atoms with Gasteiger partial charge in [-0.05, 0) is 19.3 Å². The minimum Gasteiger partial charge on any atom is -0.343 e. The molecule has 1 aliphatic carbocycles. The highest BCUT2D eigenvalue weighted by atomic mass is 19.4. The van der Waals surface area contributed by atoms with Gasteiger partial charge in [-0.25, -0.2) is 0 Å². The zero-order chi connectivity index (χ0) is 13.5. The van der Waals surface area contributed by atoms with Crippen molar-refractivity contribution in [3.05, 3.63) is 0 Å². The fourth-order valence-corrected chi connectivity index (χ4v) is 1.62. The molecule has 0 radical (unpaired) electrons. The number of halogens is 3. The minimum absolute atomic E-state index is 0.0627. The summed E-state index contributed by atoms with van der Waals surface area (Å²) in [4.78, 5) is 23.0. The van der Waals surface area contributed by atoms with Gasteiger partial charge in [0.05, 0.1) is 0 Å². The zero-order valence-electron chi connectivity index (χ0n) is 10.1. The van der Waals surface area contributed by atoms with E-state index in [0.717, 1.165) is 0 Å². The quantitative estimate of drug-likeness (QED) is 0.817. The second-order valence-electron chi connectivity index (χ2n) is 5.47. The lowest BCUT2D eigenvalue weighted by Gasteiger charge is -2.42. The van der Waals surface area contributed by atoms with Crippen LogP contribution in [0.4, 0.5) is 13.2 Å². The summed E-state index contributed by atoms with van der Waals surface area (Å²) < 4.78 is 37.2. The van der Waals surface area contributed by atoms with Gasteiger partial charge >= 0.3 is 6.18 Å². The second kappa shape index (κ2) is 3.99. The number of alkyl halides is 3. The molecule has 0 bridgehead atoms. The summed E-state index contributed by atoms with van der Waals surface area (Å²) in [6.07, 6.45) is -4.25. The van der Waals surface area contributed by atoms with E-state index < -0.39 is 28.8 Å². The largest absolute Gasteiger partial charge is 0.452 e. The van der Waals surface area contributed by atoms with Gasteiger partial charge in [-0.1, -0.05) is 20.8 Å². The van der Waals surface area contributed by atoms with Crippen molar-refractivity contribution < 1.29 is 22.8 Å². The van der Waals surface area contributed by atoms with Crippen LogP contribution in [0.2, 0.25) is 0 Å². The van der Waals surface area contributed by atoms with Gasteiger partial charge in [0.2, 0.25) is 5.91 Å². The third-order valence-corrected chi connectivity index (χ3v) is 2.93. The molecule has 3 nitrogen and oxygen atoms in total. The number of Topliss-reactive ketones (excluding diaryl/α,β-unsaturated/α-hetero) is 1. The van der Waals surface area contributed by atoms with E-state index in [-0.39, 0.29) is 12.8 Å². The van der Waals surface area contributed by atoms with Crippen LogP contribution in [0, 0.1) is 5.41 Å². The molecule has 1 saturated carbocycles. The lowest BCUT2D eigenvalue weighted by Crippen LogP contribution is -2.64.